The van der Waals surface area contributed by atoms with Crippen LogP contribution in [0.3, 0.4) is 0 Å². The van der Waals surface area contributed by atoms with E-state index in [0.29, 0.717) is 17.6 Å². The Morgan fingerprint density at radius 2 is 1.81 bits per heavy atom. The van der Waals surface area contributed by atoms with Crippen LogP contribution in [0.15, 0.2) is 46.0 Å². The first-order valence-electron chi connectivity index (χ1n) is 8.24. The standard InChI is InChI=1S/C18H16N4O4/c23-17-18(24)20-16-13(7-14(22(25)26)8-15(16)19-17)10-21-6-5-11-3-1-2-4-12(11)9-21/h1-4,7-8H,5-6,9-10H2,(H,19,23)(H,20,24). The average Bonchev–Trinajstić information content (AvgIpc) is 2.63. The molecular formula is C18H16N4O4. The Morgan fingerprint density at radius 3 is 2.58 bits per heavy atom. The molecule has 26 heavy (non-hydrogen) atoms. The van der Waals surface area contributed by atoms with Crippen molar-refractivity contribution in [1.82, 2.24) is 14.9 Å². The summed E-state index contributed by atoms with van der Waals surface area (Å²) in [6.07, 6.45) is 0.899. The Bertz CT molecular complexity index is 1130. The number of nitro benzene ring substituents is 1. The first-order chi connectivity index (χ1) is 12.5. The van der Waals surface area contributed by atoms with Crippen molar-refractivity contribution in [2.24, 2.45) is 0 Å². The zero-order chi connectivity index (χ0) is 18.3. The van der Waals surface area contributed by atoms with Crippen molar-refractivity contribution in [3.63, 3.8) is 0 Å². The number of nitrogens with zero attached hydrogens (tertiary/aromatic N) is 2. The Morgan fingerprint density at radius 1 is 1.08 bits per heavy atom. The lowest BCUT2D eigenvalue weighted by molar-refractivity contribution is -0.384. The van der Waals surface area contributed by atoms with Crippen molar-refractivity contribution in [3.05, 3.63) is 83.9 Å². The first-order valence-corrected chi connectivity index (χ1v) is 8.24. The lowest BCUT2D eigenvalue weighted by Crippen LogP contribution is -2.31. The van der Waals surface area contributed by atoms with E-state index in [2.05, 4.69) is 27.0 Å². The van der Waals surface area contributed by atoms with E-state index in [4.69, 9.17) is 0 Å². The molecule has 0 saturated carbocycles. The maximum Gasteiger partial charge on any atom is 0.314 e. The van der Waals surface area contributed by atoms with Crippen molar-refractivity contribution in [2.75, 3.05) is 6.54 Å². The molecule has 0 aliphatic carbocycles. The molecule has 0 unspecified atom stereocenters. The van der Waals surface area contributed by atoms with Crippen molar-refractivity contribution >= 4 is 16.7 Å². The van der Waals surface area contributed by atoms with Gasteiger partial charge in [0.25, 0.3) is 5.69 Å². The van der Waals surface area contributed by atoms with Crippen molar-refractivity contribution in [2.45, 2.75) is 19.5 Å². The molecular weight excluding hydrogens is 336 g/mol. The van der Waals surface area contributed by atoms with Gasteiger partial charge in [-0.1, -0.05) is 24.3 Å². The molecule has 1 aliphatic rings. The molecule has 2 N–H and O–H groups in total. The minimum atomic E-state index is -0.823. The molecule has 4 rings (SSSR count). The highest BCUT2D eigenvalue weighted by Gasteiger charge is 2.19. The van der Waals surface area contributed by atoms with Gasteiger partial charge < -0.3 is 9.97 Å². The minimum absolute atomic E-state index is 0.118. The lowest BCUT2D eigenvalue weighted by Gasteiger charge is -2.28. The van der Waals surface area contributed by atoms with Gasteiger partial charge in [0, 0.05) is 31.8 Å². The van der Waals surface area contributed by atoms with Gasteiger partial charge in [-0.15, -0.1) is 0 Å². The molecule has 0 bridgehead atoms. The van der Waals surface area contributed by atoms with E-state index < -0.39 is 16.0 Å². The van der Waals surface area contributed by atoms with Crippen molar-refractivity contribution < 1.29 is 4.92 Å². The fourth-order valence-corrected chi connectivity index (χ4v) is 3.44. The van der Waals surface area contributed by atoms with Crippen LogP contribution in [-0.4, -0.2) is 26.3 Å². The molecule has 3 aromatic rings. The molecule has 1 aliphatic heterocycles. The quantitative estimate of drug-likeness (QED) is 0.423. The number of aromatic amines is 2. The summed E-state index contributed by atoms with van der Waals surface area (Å²) in [6.45, 7) is 1.98. The molecule has 8 nitrogen and oxygen atoms in total. The zero-order valence-corrected chi connectivity index (χ0v) is 13.8. The number of H-pyrrole nitrogens is 2. The van der Waals surface area contributed by atoms with Crippen LogP contribution in [0.25, 0.3) is 11.0 Å². The monoisotopic (exact) mass is 352 g/mol. The molecule has 2 heterocycles. The fraction of sp³-hybridized carbons (Fsp3) is 0.222. The summed E-state index contributed by atoms with van der Waals surface area (Å²) in [4.78, 5) is 41.2. The van der Waals surface area contributed by atoms with Crippen LogP contribution in [0, 0.1) is 10.1 Å². The van der Waals surface area contributed by atoms with Crippen LogP contribution in [0.5, 0.6) is 0 Å². The minimum Gasteiger partial charge on any atom is -0.316 e. The van der Waals surface area contributed by atoms with Gasteiger partial charge in [-0.25, -0.2) is 0 Å². The Kier molecular flexibility index (Phi) is 3.89. The SMILES string of the molecule is O=c1[nH]c2cc([N+](=O)[O-])cc(CN3CCc4ccccc4C3)c2[nH]c1=O. The molecule has 0 atom stereocenters. The predicted octanol–water partition coefficient (Wildman–Crippen LogP) is 1.68. The van der Waals surface area contributed by atoms with Crippen molar-refractivity contribution in [1.29, 1.82) is 0 Å². The highest BCUT2D eigenvalue weighted by Crippen LogP contribution is 2.25. The number of hydrogen-bond acceptors (Lipinski definition) is 5. The smallest absolute Gasteiger partial charge is 0.314 e. The number of non-ortho nitro benzene ring substituents is 1. The van der Waals surface area contributed by atoms with Gasteiger partial charge in [0.05, 0.1) is 16.0 Å². The summed E-state index contributed by atoms with van der Waals surface area (Å²) in [5.41, 5.74) is 2.14. The molecule has 132 valence electrons. The number of hydrogen-bond donors (Lipinski definition) is 2. The van der Waals surface area contributed by atoms with E-state index in [-0.39, 0.29) is 11.2 Å². The fourth-order valence-electron chi connectivity index (χ4n) is 3.44. The maximum absolute atomic E-state index is 11.7. The molecule has 2 aromatic carbocycles. The highest BCUT2D eigenvalue weighted by atomic mass is 16.6. The van der Waals surface area contributed by atoms with Crippen LogP contribution in [0.4, 0.5) is 5.69 Å². The summed E-state index contributed by atoms with van der Waals surface area (Å²) in [5.74, 6) is 0. The third-order valence-electron chi connectivity index (χ3n) is 4.71. The predicted molar refractivity (Wildman–Crippen MR) is 96.1 cm³/mol. The Labute approximate surface area is 147 Å². The molecule has 0 saturated heterocycles. The van der Waals surface area contributed by atoms with E-state index in [0.717, 1.165) is 19.5 Å². The van der Waals surface area contributed by atoms with Crippen LogP contribution in [0.2, 0.25) is 0 Å². The summed E-state index contributed by atoms with van der Waals surface area (Å²) in [5, 5.41) is 11.2. The van der Waals surface area contributed by atoms with E-state index in [1.54, 1.807) is 0 Å². The first kappa shape index (κ1) is 16.2. The zero-order valence-electron chi connectivity index (χ0n) is 13.8. The van der Waals surface area contributed by atoms with E-state index in [1.165, 1.54) is 23.3 Å². The number of nitro groups is 1. The maximum atomic E-state index is 11.7. The normalized spacial score (nSPS) is 14.3. The van der Waals surface area contributed by atoms with E-state index in [1.807, 2.05) is 12.1 Å². The molecule has 0 radical (unpaired) electrons. The van der Waals surface area contributed by atoms with E-state index in [9.17, 15) is 19.7 Å². The number of benzene rings is 2. The number of rotatable bonds is 3. The van der Waals surface area contributed by atoms with Crippen LogP contribution in [-0.2, 0) is 19.5 Å². The van der Waals surface area contributed by atoms with Gasteiger partial charge in [0.1, 0.15) is 0 Å². The van der Waals surface area contributed by atoms with Gasteiger partial charge in [0.2, 0.25) is 0 Å². The van der Waals surface area contributed by atoms with Crippen LogP contribution < -0.4 is 11.1 Å². The Balaban J connectivity index is 1.76. The van der Waals surface area contributed by atoms with Gasteiger partial charge >= 0.3 is 11.1 Å². The average molecular weight is 352 g/mol. The largest absolute Gasteiger partial charge is 0.316 e. The summed E-state index contributed by atoms with van der Waals surface area (Å²) in [6, 6.07) is 10.9. The summed E-state index contributed by atoms with van der Waals surface area (Å²) in [7, 11) is 0. The summed E-state index contributed by atoms with van der Waals surface area (Å²) >= 11 is 0. The van der Waals surface area contributed by atoms with Crippen LogP contribution >= 0.6 is 0 Å². The molecule has 1 aromatic heterocycles. The second-order valence-electron chi connectivity index (χ2n) is 6.42. The highest BCUT2D eigenvalue weighted by molar-refractivity contribution is 5.80. The number of fused-ring (bicyclic) bond motifs is 2. The number of aromatic nitrogens is 2. The second kappa shape index (κ2) is 6.23. The van der Waals surface area contributed by atoms with Crippen LogP contribution in [0.1, 0.15) is 16.7 Å². The second-order valence-corrected chi connectivity index (χ2v) is 6.42. The Hall–Kier alpha value is -3.26. The molecule has 0 fully saturated rings. The van der Waals surface area contributed by atoms with E-state index >= 15 is 0 Å². The van der Waals surface area contributed by atoms with Gasteiger partial charge in [-0.3, -0.25) is 24.6 Å². The lowest BCUT2D eigenvalue weighted by atomic mass is 9.99. The van der Waals surface area contributed by atoms with Crippen molar-refractivity contribution in [3.8, 4) is 0 Å². The van der Waals surface area contributed by atoms with Gasteiger partial charge in [-0.2, -0.15) is 0 Å². The molecule has 0 amide bonds. The third-order valence-corrected chi connectivity index (χ3v) is 4.71. The van der Waals surface area contributed by atoms with Gasteiger partial charge in [-0.05, 0) is 23.1 Å². The summed E-state index contributed by atoms with van der Waals surface area (Å²) < 4.78 is 0. The topological polar surface area (TPSA) is 112 Å². The number of nitrogens with one attached hydrogen (secondary N) is 2. The third kappa shape index (κ3) is 2.91. The molecule has 0 spiro atoms. The van der Waals surface area contributed by atoms with Gasteiger partial charge in [0.15, 0.2) is 0 Å². The molecule has 8 heteroatoms.